The second-order valence-electron chi connectivity index (χ2n) is 13.8. The predicted molar refractivity (Wildman–Crippen MR) is 210 cm³/mol. The molecule has 3 aliphatic carbocycles. The maximum Gasteiger partial charge on any atom is 0.221 e. The summed E-state index contributed by atoms with van der Waals surface area (Å²) in [6, 6.07) is 47.5. The van der Waals surface area contributed by atoms with Gasteiger partial charge in [0.1, 0.15) is 6.10 Å². The number of ether oxygens (including phenoxy) is 1. The second kappa shape index (κ2) is 12.3. The van der Waals surface area contributed by atoms with Crippen LogP contribution in [-0.2, 0) is 4.74 Å². The van der Waals surface area contributed by atoms with E-state index in [-0.39, 0.29) is 6.10 Å². The zero-order valence-electron chi connectivity index (χ0n) is 28.3. The lowest BCUT2D eigenvalue weighted by molar-refractivity contribution is 0.183. The topological polar surface area (TPSA) is 29.8 Å². The molecule has 246 valence electrons. The molecule has 1 aliphatic heterocycles. The Labute approximate surface area is 298 Å². The summed E-state index contributed by atoms with van der Waals surface area (Å²) in [5.41, 5.74) is 13.6. The van der Waals surface area contributed by atoms with Crippen LogP contribution in [0.1, 0.15) is 31.2 Å². The molecule has 6 aromatic rings. The molecule has 0 N–H and O–H groups in total. The van der Waals surface area contributed by atoms with Crippen molar-refractivity contribution in [3.63, 3.8) is 0 Å². The number of benzene rings is 5. The molecule has 0 amide bonds. The van der Waals surface area contributed by atoms with Gasteiger partial charge < -0.3 is 14.2 Å². The van der Waals surface area contributed by atoms with Crippen LogP contribution in [0.15, 0.2) is 197 Å². The van der Waals surface area contributed by atoms with Crippen molar-refractivity contribution in [2.45, 2.75) is 31.8 Å². The number of hydrogen-bond acceptors (Lipinski definition) is 3. The van der Waals surface area contributed by atoms with Crippen LogP contribution >= 0.6 is 0 Å². The van der Waals surface area contributed by atoms with Crippen LogP contribution in [0.2, 0.25) is 0 Å². The number of rotatable bonds is 6. The summed E-state index contributed by atoms with van der Waals surface area (Å²) in [5.74, 6) is 1.08. The summed E-state index contributed by atoms with van der Waals surface area (Å²) in [5, 5.41) is 2.53. The molecule has 0 saturated heterocycles. The molecule has 0 radical (unpaired) electrons. The van der Waals surface area contributed by atoms with Gasteiger partial charge in [0.2, 0.25) is 5.90 Å². The van der Waals surface area contributed by atoms with Gasteiger partial charge in [-0.15, -0.1) is 0 Å². The number of anilines is 2. The van der Waals surface area contributed by atoms with Crippen LogP contribution in [0, 0.1) is 5.92 Å². The molecule has 2 heterocycles. The van der Waals surface area contributed by atoms with Crippen molar-refractivity contribution in [1.29, 1.82) is 0 Å². The van der Waals surface area contributed by atoms with Gasteiger partial charge >= 0.3 is 0 Å². The number of nitrogens with zero attached hydrogens (tertiary/aromatic N) is 3. The summed E-state index contributed by atoms with van der Waals surface area (Å²) in [6.07, 6.45) is 15.7. The monoisotopic (exact) mass is 659 g/mol. The van der Waals surface area contributed by atoms with Crippen LogP contribution in [0.4, 0.5) is 11.4 Å². The van der Waals surface area contributed by atoms with Gasteiger partial charge in [-0.2, -0.15) is 0 Å². The van der Waals surface area contributed by atoms with Gasteiger partial charge in [0.25, 0.3) is 0 Å². The smallest absolute Gasteiger partial charge is 0.221 e. The van der Waals surface area contributed by atoms with E-state index in [0.29, 0.717) is 5.92 Å². The van der Waals surface area contributed by atoms with E-state index in [1.54, 1.807) is 0 Å². The maximum atomic E-state index is 6.48. The first kappa shape index (κ1) is 29.8. The third kappa shape index (κ3) is 5.18. The SMILES string of the molecule is C1=C(C2=CC3=CC=C4N=C(c5ccccc5)OC4C3CC2)CCC(N(c2ccccc2)c2ccc3c4ccccc4n(-c4ccccc4)c3c2)=C1. The molecule has 4 nitrogen and oxygen atoms in total. The Morgan fingerprint density at radius 2 is 1.35 bits per heavy atom. The minimum atomic E-state index is 0.00204. The van der Waals surface area contributed by atoms with Gasteiger partial charge in [0.15, 0.2) is 0 Å². The fourth-order valence-corrected chi connectivity index (χ4v) is 8.40. The molecule has 1 aromatic heterocycles. The third-order valence-electron chi connectivity index (χ3n) is 10.9. The summed E-state index contributed by atoms with van der Waals surface area (Å²) >= 11 is 0. The van der Waals surface area contributed by atoms with Gasteiger partial charge in [0, 0.05) is 45.0 Å². The highest BCUT2D eigenvalue weighted by molar-refractivity contribution is 6.10. The zero-order chi connectivity index (χ0) is 33.7. The summed E-state index contributed by atoms with van der Waals surface area (Å²) in [6.45, 7) is 0. The van der Waals surface area contributed by atoms with E-state index in [1.165, 1.54) is 61.3 Å². The Kier molecular flexibility index (Phi) is 7.19. The molecule has 2 unspecified atom stereocenters. The second-order valence-corrected chi connectivity index (χ2v) is 13.8. The molecule has 0 bridgehead atoms. The average Bonchev–Trinajstić information content (AvgIpc) is 3.79. The van der Waals surface area contributed by atoms with Crippen molar-refractivity contribution in [3.05, 3.63) is 198 Å². The molecule has 10 rings (SSSR count). The highest BCUT2D eigenvalue weighted by atomic mass is 16.5. The van der Waals surface area contributed by atoms with E-state index in [0.717, 1.165) is 42.8 Å². The summed E-state index contributed by atoms with van der Waals surface area (Å²) in [4.78, 5) is 7.32. The summed E-state index contributed by atoms with van der Waals surface area (Å²) in [7, 11) is 0. The largest absolute Gasteiger partial charge is 0.467 e. The Balaban J connectivity index is 0.992. The van der Waals surface area contributed by atoms with Crippen molar-refractivity contribution < 1.29 is 4.74 Å². The minimum absolute atomic E-state index is 0.00204. The normalized spacial score (nSPS) is 19.5. The first-order valence-corrected chi connectivity index (χ1v) is 18.1. The Bertz CT molecular complexity index is 2500. The lowest BCUT2D eigenvalue weighted by atomic mass is 9.76. The van der Waals surface area contributed by atoms with Crippen molar-refractivity contribution in [1.82, 2.24) is 4.57 Å². The van der Waals surface area contributed by atoms with Crippen molar-refractivity contribution in [2.75, 3.05) is 4.90 Å². The number of aromatic nitrogens is 1. The molecule has 2 atom stereocenters. The number of fused-ring (bicyclic) bond motifs is 6. The van der Waals surface area contributed by atoms with E-state index in [9.17, 15) is 0 Å². The maximum absolute atomic E-state index is 6.48. The van der Waals surface area contributed by atoms with Crippen molar-refractivity contribution in [3.8, 4) is 5.69 Å². The Morgan fingerprint density at radius 1 is 0.608 bits per heavy atom. The van der Waals surface area contributed by atoms with Crippen LogP contribution in [0.25, 0.3) is 27.5 Å². The highest BCUT2D eigenvalue weighted by Gasteiger charge is 2.38. The fraction of sp³-hybridized carbons (Fsp3) is 0.128. The molecule has 4 heteroatoms. The van der Waals surface area contributed by atoms with Crippen molar-refractivity contribution >= 4 is 39.1 Å². The van der Waals surface area contributed by atoms with Crippen LogP contribution in [0.5, 0.6) is 0 Å². The predicted octanol–water partition coefficient (Wildman–Crippen LogP) is 11.5. The minimum Gasteiger partial charge on any atom is -0.467 e. The lowest BCUT2D eigenvalue weighted by Gasteiger charge is -2.33. The van der Waals surface area contributed by atoms with Gasteiger partial charge in [-0.3, -0.25) is 0 Å². The molecule has 0 saturated carbocycles. The molecule has 5 aromatic carbocycles. The van der Waals surface area contributed by atoms with E-state index in [2.05, 4.69) is 155 Å². The van der Waals surface area contributed by atoms with E-state index >= 15 is 0 Å². The highest BCUT2D eigenvalue weighted by Crippen LogP contribution is 2.44. The first-order chi connectivity index (χ1) is 25.3. The zero-order valence-corrected chi connectivity index (χ0v) is 28.3. The van der Waals surface area contributed by atoms with Gasteiger partial charge in [-0.1, -0.05) is 97.1 Å². The van der Waals surface area contributed by atoms with E-state index in [4.69, 9.17) is 9.73 Å². The van der Waals surface area contributed by atoms with Gasteiger partial charge in [-0.05, 0) is 109 Å². The molecule has 51 heavy (non-hydrogen) atoms. The first-order valence-electron chi connectivity index (χ1n) is 18.1. The molecule has 4 aliphatic rings. The number of para-hydroxylation sites is 3. The van der Waals surface area contributed by atoms with Crippen LogP contribution in [-0.4, -0.2) is 16.6 Å². The summed E-state index contributed by atoms with van der Waals surface area (Å²) < 4.78 is 8.88. The van der Waals surface area contributed by atoms with Gasteiger partial charge in [-0.25, -0.2) is 4.99 Å². The van der Waals surface area contributed by atoms with Crippen molar-refractivity contribution in [2.24, 2.45) is 10.9 Å². The molecular weight excluding hydrogens is 623 g/mol. The Morgan fingerprint density at radius 3 is 2.16 bits per heavy atom. The van der Waals surface area contributed by atoms with Crippen LogP contribution < -0.4 is 4.90 Å². The quantitative estimate of drug-likeness (QED) is 0.178. The molecule has 0 spiro atoms. The lowest BCUT2D eigenvalue weighted by Crippen LogP contribution is -2.29. The fourth-order valence-electron chi connectivity index (χ4n) is 8.40. The van der Waals surface area contributed by atoms with E-state index < -0.39 is 0 Å². The Hall–Kier alpha value is -6.13. The molecule has 0 fully saturated rings. The van der Waals surface area contributed by atoms with E-state index in [1.807, 2.05) is 18.2 Å². The number of allylic oxidation sites excluding steroid dienone is 8. The molecular formula is C47H37N3O. The standard InChI is InChI=1S/C47H37N3O/c1-4-12-33(13-5-1)47-48-43-29-23-35-30-34(22-27-40(35)46(43)51-47)32-20-24-38(25-21-32)49(36-14-6-2-7-15-36)39-26-28-42-41-18-10-11-19-44(41)50(45(42)31-39)37-16-8-3-9-17-37/h1-20,23-24,26,28-31,40,46H,21-22,25,27H2. The number of hydrogen-bond donors (Lipinski definition) is 0. The van der Waals surface area contributed by atoms with Crippen LogP contribution in [0.3, 0.4) is 0 Å². The van der Waals surface area contributed by atoms with Gasteiger partial charge in [0.05, 0.1) is 16.7 Å². The number of aliphatic imine (C=N–C) groups is 1. The average molecular weight is 660 g/mol. The third-order valence-corrected chi connectivity index (χ3v) is 10.9.